The number of benzene rings is 2. The Labute approximate surface area is 115 Å². The van der Waals surface area contributed by atoms with E-state index in [1.54, 1.807) is 25.2 Å². The van der Waals surface area contributed by atoms with Crippen LogP contribution in [0.1, 0.15) is 5.56 Å². The monoisotopic (exact) mass is 283 g/mol. The van der Waals surface area contributed by atoms with E-state index in [9.17, 15) is 8.78 Å². The van der Waals surface area contributed by atoms with Crippen molar-refractivity contribution in [3.8, 4) is 11.5 Å². The molecule has 0 heterocycles. The highest BCUT2D eigenvalue weighted by Gasteiger charge is 2.08. The van der Waals surface area contributed by atoms with Gasteiger partial charge in [0.15, 0.2) is 0 Å². The zero-order chi connectivity index (χ0) is 13.8. The first-order chi connectivity index (χ1) is 9.08. The van der Waals surface area contributed by atoms with Crippen molar-refractivity contribution >= 4 is 11.6 Å². The van der Waals surface area contributed by atoms with E-state index in [2.05, 4.69) is 5.32 Å². The Morgan fingerprint density at radius 1 is 1.11 bits per heavy atom. The Balaban J connectivity index is 2.33. The molecule has 19 heavy (non-hydrogen) atoms. The molecule has 2 rings (SSSR count). The zero-order valence-corrected chi connectivity index (χ0v) is 11.0. The standard InChI is InChI=1S/C14H12ClF2NO/c1-18-8-9-2-3-10(15)4-14(9)19-13-6-11(16)5-12(17)7-13/h2-7,18H,8H2,1H3. The van der Waals surface area contributed by atoms with Crippen LogP contribution in [0.4, 0.5) is 8.78 Å². The van der Waals surface area contributed by atoms with Gasteiger partial charge in [-0.15, -0.1) is 0 Å². The van der Waals surface area contributed by atoms with Crippen LogP contribution in [0.5, 0.6) is 11.5 Å². The minimum Gasteiger partial charge on any atom is -0.457 e. The molecule has 0 saturated heterocycles. The maximum atomic E-state index is 13.1. The lowest BCUT2D eigenvalue weighted by Gasteiger charge is -2.11. The number of hydrogen-bond donors (Lipinski definition) is 1. The summed E-state index contributed by atoms with van der Waals surface area (Å²) in [4.78, 5) is 0. The molecule has 100 valence electrons. The van der Waals surface area contributed by atoms with Crippen LogP contribution in [0.25, 0.3) is 0 Å². The van der Waals surface area contributed by atoms with Gasteiger partial charge in [0, 0.05) is 35.3 Å². The molecule has 0 aliphatic heterocycles. The summed E-state index contributed by atoms with van der Waals surface area (Å²) in [6, 6.07) is 8.16. The number of nitrogens with one attached hydrogen (secondary N) is 1. The van der Waals surface area contributed by atoms with E-state index in [1.165, 1.54) is 0 Å². The number of hydrogen-bond acceptors (Lipinski definition) is 2. The molecule has 0 spiro atoms. The van der Waals surface area contributed by atoms with Crippen LogP contribution in [0, 0.1) is 11.6 Å². The minimum absolute atomic E-state index is 0.0946. The third-order valence-electron chi connectivity index (χ3n) is 2.46. The van der Waals surface area contributed by atoms with Crippen molar-refractivity contribution in [2.45, 2.75) is 6.54 Å². The SMILES string of the molecule is CNCc1ccc(Cl)cc1Oc1cc(F)cc(F)c1. The van der Waals surface area contributed by atoms with E-state index in [1.807, 2.05) is 0 Å². The van der Waals surface area contributed by atoms with Gasteiger partial charge < -0.3 is 10.1 Å². The van der Waals surface area contributed by atoms with Gasteiger partial charge in [-0.2, -0.15) is 0 Å². The first-order valence-corrected chi connectivity index (χ1v) is 6.03. The minimum atomic E-state index is -0.688. The predicted octanol–water partition coefficient (Wildman–Crippen LogP) is 4.13. The van der Waals surface area contributed by atoms with Crippen LogP contribution < -0.4 is 10.1 Å². The van der Waals surface area contributed by atoms with Gasteiger partial charge >= 0.3 is 0 Å². The molecule has 2 aromatic carbocycles. The van der Waals surface area contributed by atoms with Crippen LogP contribution in [0.15, 0.2) is 36.4 Å². The Hall–Kier alpha value is -1.65. The summed E-state index contributed by atoms with van der Waals surface area (Å²) in [6.45, 7) is 0.560. The van der Waals surface area contributed by atoms with Gasteiger partial charge in [-0.05, 0) is 19.2 Å². The summed E-state index contributed by atoms with van der Waals surface area (Å²) in [5, 5.41) is 3.47. The van der Waals surface area contributed by atoms with Crippen molar-refractivity contribution in [2.24, 2.45) is 0 Å². The van der Waals surface area contributed by atoms with Gasteiger partial charge in [0.2, 0.25) is 0 Å². The average Bonchev–Trinajstić information content (AvgIpc) is 2.31. The number of rotatable bonds is 4. The smallest absolute Gasteiger partial charge is 0.133 e. The van der Waals surface area contributed by atoms with Crippen molar-refractivity contribution in [3.05, 3.63) is 58.6 Å². The van der Waals surface area contributed by atoms with Crippen molar-refractivity contribution < 1.29 is 13.5 Å². The van der Waals surface area contributed by atoms with Crippen molar-refractivity contribution in [1.82, 2.24) is 5.32 Å². The third kappa shape index (κ3) is 3.66. The molecule has 0 fully saturated rings. The number of ether oxygens (including phenoxy) is 1. The second-order valence-electron chi connectivity index (χ2n) is 3.99. The maximum absolute atomic E-state index is 13.1. The second kappa shape index (κ2) is 5.99. The van der Waals surface area contributed by atoms with Gasteiger partial charge in [0.25, 0.3) is 0 Å². The molecule has 0 bridgehead atoms. The zero-order valence-electron chi connectivity index (χ0n) is 10.2. The summed E-state index contributed by atoms with van der Waals surface area (Å²) in [6.07, 6.45) is 0. The van der Waals surface area contributed by atoms with Gasteiger partial charge in [0.1, 0.15) is 23.1 Å². The first kappa shape index (κ1) is 13.8. The Bertz CT molecular complexity index is 569. The molecular weight excluding hydrogens is 272 g/mol. The molecule has 2 aromatic rings. The maximum Gasteiger partial charge on any atom is 0.133 e. The molecule has 0 saturated carbocycles. The molecule has 0 unspecified atom stereocenters. The Morgan fingerprint density at radius 3 is 2.42 bits per heavy atom. The molecule has 0 amide bonds. The summed E-state index contributed by atoms with van der Waals surface area (Å²) >= 11 is 5.90. The van der Waals surface area contributed by atoms with E-state index in [4.69, 9.17) is 16.3 Å². The lowest BCUT2D eigenvalue weighted by molar-refractivity contribution is 0.461. The van der Waals surface area contributed by atoms with E-state index in [0.29, 0.717) is 17.3 Å². The molecule has 2 nitrogen and oxygen atoms in total. The molecule has 0 atom stereocenters. The quantitative estimate of drug-likeness (QED) is 0.911. The molecule has 0 radical (unpaired) electrons. The van der Waals surface area contributed by atoms with Gasteiger partial charge in [-0.3, -0.25) is 0 Å². The molecule has 5 heteroatoms. The summed E-state index contributed by atoms with van der Waals surface area (Å²) in [7, 11) is 1.79. The van der Waals surface area contributed by atoms with E-state index < -0.39 is 11.6 Å². The van der Waals surface area contributed by atoms with Crippen molar-refractivity contribution in [3.63, 3.8) is 0 Å². The normalized spacial score (nSPS) is 10.5. The largest absolute Gasteiger partial charge is 0.457 e. The fraction of sp³-hybridized carbons (Fsp3) is 0.143. The highest BCUT2D eigenvalue weighted by molar-refractivity contribution is 6.30. The van der Waals surface area contributed by atoms with Gasteiger partial charge in [-0.25, -0.2) is 8.78 Å². The van der Waals surface area contributed by atoms with Crippen LogP contribution in [-0.4, -0.2) is 7.05 Å². The van der Waals surface area contributed by atoms with Crippen LogP contribution in [0.3, 0.4) is 0 Å². The molecular formula is C14H12ClF2NO. The summed E-state index contributed by atoms with van der Waals surface area (Å²) in [5.74, 6) is -0.816. The third-order valence-corrected chi connectivity index (χ3v) is 2.70. The topological polar surface area (TPSA) is 21.3 Å². The van der Waals surface area contributed by atoms with Crippen LogP contribution >= 0.6 is 11.6 Å². The second-order valence-corrected chi connectivity index (χ2v) is 4.43. The van der Waals surface area contributed by atoms with Crippen molar-refractivity contribution in [2.75, 3.05) is 7.05 Å². The van der Waals surface area contributed by atoms with E-state index >= 15 is 0 Å². The molecule has 1 N–H and O–H groups in total. The number of halogens is 3. The lowest BCUT2D eigenvalue weighted by atomic mass is 10.2. The fourth-order valence-electron chi connectivity index (χ4n) is 1.67. The predicted molar refractivity (Wildman–Crippen MR) is 70.6 cm³/mol. The molecule has 0 aliphatic carbocycles. The summed E-state index contributed by atoms with van der Waals surface area (Å²) in [5.41, 5.74) is 0.844. The lowest BCUT2D eigenvalue weighted by Crippen LogP contribution is -2.06. The Kier molecular flexibility index (Phi) is 4.35. The van der Waals surface area contributed by atoms with E-state index in [0.717, 1.165) is 23.8 Å². The van der Waals surface area contributed by atoms with Crippen LogP contribution in [-0.2, 0) is 6.54 Å². The molecule has 0 aliphatic rings. The first-order valence-electron chi connectivity index (χ1n) is 5.65. The highest BCUT2D eigenvalue weighted by Crippen LogP contribution is 2.29. The van der Waals surface area contributed by atoms with Crippen LogP contribution in [0.2, 0.25) is 5.02 Å². The van der Waals surface area contributed by atoms with Crippen molar-refractivity contribution in [1.29, 1.82) is 0 Å². The van der Waals surface area contributed by atoms with Gasteiger partial charge in [0.05, 0.1) is 0 Å². The highest BCUT2D eigenvalue weighted by atomic mass is 35.5. The molecule has 0 aromatic heterocycles. The van der Waals surface area contributed by atoms with E-state index in [-0.39, 0.29) is 5.75 Å². The Morgan fingerprint density at radius 2 is 1.79 bits per heavy atom. The average molecular weight is 284 g/mol. The fourth-order valence-corrected chi connectivity index (χ4v) is 1.84. The summed E-state index contributed by atoms with van der Waals surface area (Å²) < 4.78 is 31.7. The van der Waals surface area contributed by atoms with Gasteiger partial charge in [-0.1, -0.05) is 17.7 Å².